The van der Waals surface area contributed by atoms with Gasteiger partial charge in [-0.25, -0.2) is 18.0 Å². The van der Waals surface area contributed by atoms with Crippen molar-refractivity contribution in [2.45, 2.75) is 6.04 Å². The molecular weight excluding hydrogens is 320 g/mol. The monoisotopic (exact) mass is 330 g/mol. The van der Waals surface area contributed by atoms with Crippen LogP contribution in [0.1, 0.15) is 10.4 Å². The van der Waals surface area contributed by atoms with Gasteiger partial charge in [-0.05, 0) is 24.3 Å². The van der Waals surface area contributed by atoms with Gasteiger partial charge in [0.05, 0.1) is 22.4 Å². The molecule has 1 heterocycles. The second kappa shape index (κ2) is 5.74. The number of benzene rings is 1. The molecule has 1 unspecified atom stereocenters. The largest absolute Gasteiger partial charge is 0.478 e. The SMILES string of the molecule is O=C(Nc1ccc(Cl)c(C(=O)O)c1)NC1C=CS(=O)(=O)C1. The van der Waals surface area contributed by atoms with Crippen molar-refractivity contribution in [3.05, 3.63) is 40.3 Å². The number of rotatable bonds is 3. The Kier molecular flexibility index (Phi) is 4.19. The number of sulfone groups is 1. The minimum absolute atomic E-state index is 0.0540. The van der Waals surface area contributed by atoms with E-state index in [1.165, 1.54) is 24.3 Å². The molecule has 0 spiro atoms. The molecule has 0 aliphatic carbocycles. The third-order valence-electron chi connectivity index (χ3n) is 2.70. The first-order chi connectivity index (χ1) is 9.77. The molecule has 1 aliphatic heterocycles. The molecule has 9 heteroatoms. The van der Waals surface area contributed by atoms with Gasteiger partial charge in [0.15, 0.2) is 9.84 Å². The van der Waals surface area contributed by atoms with Crippen molar-refractivity contribution in [2.24, 2.45) is 0 Å². The van der Waals surface area contributed by atoms with Gasteiger partial charge < -0.3 is 15.7 Å². The van der Waals surface area contributed by atoms with Crippen LogP contribution in [0.25, 0.3) is 0 Å². The molecule has 112 valence electrons. The molecule has 7 nitrogen and oxygen atoms in total. The standard InChI is InChI=1S/C12H11ClN2O5S/c13-10-2-1-7(5-9(10)11(16)17)14-12(18)15-8-3-4-21(19,20)6-8/h1-5,8H,6H2,(H,16,17)(H2,14,15,18). The summed E-state index contributed by atoms with van der Waals surface area (Å²) >= 11 is 5.71. The Bertz CT molecular complexity index is 729. The van der Waals surface area contributed by atoms with Crippen LogP contribution in [0.2, 0.25) is 5.02 Å². The summed E-state index contributed by atoms with van der Waals surface area (Å²) in [5, 5.41) is 14.9. The molecule has 1 aliphatic rings. The first-order valence-electron chi connectivity index (χ1n) is 5.78. The molecule has 21 heavy (non-hydrogen) atoms. The van der Waals surface area contributed by atoms with E-state index in [0.717, 1.165) is 5.41 Å². The Morgan fingerprint density at radius 1 is 1.33 bits per heavy atom. The van der Waals surface area contributed by atoms with Gasteiger partial charge in [0.25, 0.3) is 0 Å². The van der Waals surface area contributed by atoms with Gasteiger partial charge in [-0.1, -0.05) is 11.6 Å². The van der Waals surface area contributed by atoms with Crippen LogP contribution in [0.15, 0.2) is 29.7 Å². The highest BCUT2D eigenvalue weighted by Gasteiger charge is 2.23. The number of nitrogens with one attached hydrogen (secondary N) is 2. The van der Waals surface area contributed by atoms with Crippen LogP contribution in [0.4, 0.5) is 10.5 Å². The van der Waals surface area contributed by atoms with Gasteiger partial charge in [0.1, 0.15) is 0 Å². The van der Waals surface area contributed by atoms with E-state index in [1.54, 1.807) is 0 Å². The first-order valence-corrected chi connectivity index (χ1v) is 7.87. The number of amides is 2. The normalized spacial score (nSPS) is 19.2. The maximum atomic E-state index is 11.7. The van der Waals surface area contributed by atoms with Gasteiger partial charge in [-0.15, -0.1) is 0 Å². The van der Waals surface area contributed by atoms with Gasteiger partial charge in [-0.2, -0.15) is 0 Å². The molecule has 0 radical (unpaired) electrons. The molecule has 1 atom stereocenters. The van der Waals surface area contributed by atoms with Crippen molar-refractivity contribution in [3.63, 3.8) is 0 Å². The Morgan fingerprint density at radius 3 is 2.62 bits per heavy atom. The molecule has 2 rings (SSSR count). The number of carboxylic acids is 1. The second-order valence-corrected chi connectivity index (χ2v) is 6.70. The van der Waals surface area contributed by atoms with E-state index in [2.05, 4.69) is 10.6 Å². The van der Waals surface area contributed by atoms with Crippen molar-refractivity contribution in [1.29, 1.82) is 0 Å². The molecule has 2 amide bonds. The fraction of sp³-hybridized carbons (Fsp3) is 0.167. The molecule has 0 bridgehead atoms. The Balaban J connectivity index is 2.02. The van der Waals surface area contributed by atoms with Crippen LogP contribution in [0, 0.1) is 0 Å². The van der Waals surface area contributed by atoms with Gasteiger partial charge in [-0.3, -0.25) is 0 Å². The quantitative estimate of drug-likeness (QED) is 0.776. The lowest BCUT2D eigenvalue weighted by molar-refractivity contribution is 0.0697. The molecule has 3 N–H and O–H groups in total. The maximum Gasteiger partial charge on any atom is 0.337 e. The van der Waals surface area contributed by atoms with Gasteiger partial charge >= 0.3 is 12.0 Å². The van der Waals surface area contributed by atoms with Crippen molar-refractivity contribution >= 4 is 39.1 Å². The van der Waals surface area contributed by atoms with Gasteiger partial charge in [0.2, 0.25) is 0 Å². The smallest absolute Gasteiger partial charge is 0.337 e. The summed E-state index contributed by atoms with van der Waals surface area (Å²) in [7, 11) is -3.26. The maximum absolute atomic E-state index is 11.7. The van der Waals surface area contributed by atoms with Crippen LogP contribution in [-0.4, -0.2) is 37.3 Å². The fourth-order valence-corrected chi connectivity index (χ4v) is 3.20. The predicted molar refractivity (Wildman–Crippen MR) is 77.3 cm³/mol. The van der Waals surface area contributed by atoms with Crippen molar-refractivity contribution in [2.75, 3.05) is 11.1 Å². The number of carbonyl (C=O) groups excluding carboxylic acids is 1. The molecule has 1 aromatic rings. The average molecular weight is 331 g/mol. The van der Waals surface area contributed by atoms with Gasteiger partial charge in [0, 0.05) is 11.1 Å². The lowest BCUT2D eigenvalue weighted by atomic mass is 10.2. The third-order valence-corrected chi connectivity index (χ3v) is 4.43. The summed E-state index contributed by atoms with van der Waals surface area (Å²) in [6.07, 6.45) is 1.37. The number of hydrogen-bond acceptors (Lipinski definition) is 4. The summed E-state index contributed by atoms with van der Waals surface area (Å²) in [5.41, 5.74) is 0.0944. The molecule has 0 fully saturated rings. The minimum Gasteiger partial charge on any atom is -0.478 e. The molecule has 0 aromatic heterocycles. The fourth-order valence-electron chi connectivity index (χ4n) is 1.77. The lowest BCUT2D eigenvalue weighted by Crippen LogP contribution is -2.38. The van der Waals surface area contributed by atoms with E-state index in [0.29, 0.717) is 0 Å². The number of anilines is 1. The summed E-state index contributed by atoms with van der Waals surface area (Å²) in [5.74, 6) is -1.41. The number of hydrogen-bond donors (Lipinski definition) is 3. The number of carbonyl (C=O) groups is 2. The number of aromatic carboxylic acids is 1. The summed E-state index contributed by atoms with van der Waals surface area (Å²) in [6, 6.07) is 2.75. The van der Waals surface area contributed by atoms with Crippen molar-refractivity contribution in [3.8, 4) is 0 Å². The highest BCUT2D eigenvalue weighted by atomic mass is 35.5. The average Bonchev–Trinajstić information content (AvgIpc) is 2.70. The molecule has 0 saturated heterocycles. The first kappa shape index (κ1) is 15.3. The van der Waals surface area contributed by atoms with E-state index >= 15 is 0 Å². The summed E-state index contributed by atoms with van der Waals surface area (Å²) in [6.45, 7) is 0. The third kappa shape index (κ3) is 3.96. The van der Waals surface area contributed by atoms with Crippen LogP contribution >= 0.6 is 11.6 Å². The molecule has 0 saturated carbocycles. The highest BCUT2D eigenvalue weighted by Crippen LogP contribution is 2.20. The Labute approximate surface area is 125 Å². The zero-order valence-corrected chi connectivity index (χ0v) is 12.1. The summed E-state index contributed by atoms with van der Waals surface area (Å²) in [4.78, 5) is 22.6. The van der Waals surface area contributed by atoms with E-state index in [4.69, 9.17) is 16.7 Å². The van der Waals surface area contributed by atoms with E-state index in [-0.39, 0.29) is 22.0 Å². The van der Waals surface area contributed by atoms with Crippen molar-refractivity contribution < 1.29 is 23.1 Å². The second-order valence-electron chi connectivity index (χ2n) is 4.36. The highest BCUT2D eigenvalue weighted by molar-refractivity contribution is 7.94. The Morgan fingerprint density at radius 2 is 2.05 bits per heavy atom. The van der Waals surface area contributed by atoms with Crippen LogP contribution in [0.5, 0.6) is 0 Å². The number of carboxylic acid groups (broad SMARTS) is 1. The van der Waals surface area contributed by atoms with E-state index in [9.17, 15) is 18.0 Å². The van der Waals surface area contributed by atoms with Crippen LogP contribution < -0.4 is 10.6 Å². The van der Waals surface area contributed by atoms with E-state index < -0.39 is 27.9 Å². The minimum atomic E-state index is -3.26. The molecule has 1 aromatic carbocycles. The zero-order valence-electron chi connectivity index (χ0n) is 10.5. The number of urea groups is 1. The van der Waals surface area contributed by atoms with E-state index in [1.807, 2.05) is 0 Å². The van der Waals surface area contributed by atoms with Crippen molar-refractivity contribution in [1.82, 2.24) is 5.32 Å². The summed E-state index contributed by atoms with van der Waals surface area (Å²) < 4.78 is 22.4. The predicted octanol–water partition coefficient (Wildman–Crippen LogP) is 1.47. The molecular formula is C12H11ClN2O5S. The lowest BCUT2D eigenvalue weighted by Gasteiger charge is -2.12. The van der Waals surface area contributed by atoms with Crippen LogP contribution in [0.3, 0.4) is 0 Å². The zero-order chi connectivity index (χ0) is 15.6. The van der Waals surface area contributed by atoms with Crippen LogP contribution in [-0.2, 0) is 9.84 Å². The Hall–Kier alpha value is -2.06. The number of halogens is 1. The topological polar surface area (TPSA) is 113 Å².